The van der Waals surface area contributed by atoms with Crippen LogP contribution >= 0.6 is 0 Å². The van der Waals surface area contributed by atoms with Crippen LogP contribution in [0.25, 0.3) is 0 Å². The number of hydrogen-bond acceptors (Lipinski definition) is 6. The number of fused-ring (bicyclic) bond motifs is 8. The SMILES string of the molecule is CC(C)(C)c1ccc(Oc2cc3c4c(c2)Oc2cc(C(C)(C)C)cc(C(C)(C)C)c2B4c2cc4c(cc2O3)Oc2cc(Oc3ccc(C(C)(C)C)cc3)cc3c2B4c2c(cc(C(C)(C)C)cc2C(C)(C)C)O3)cc1. The van der Waals surface area contributed by atoms with Crippen molar-refractivity contribution in [3.05, 3.63) is 143 Å². The van der Waals surface area contributed by atoms with Crippen LogP contribution < -0.4 is 61.2 Å². The Kier molecular flexibility index (Phi) is 11.1. The molecule has 0 spiro atoms. The first-order valence-electron chi connectivity index (χ1n) is 26.6. The molecule has 0 unspecified atom stereocenters. The van der Waals surface area contributed by atoms with Gasteiger partial charge in [-0.3, -0.25) is 0 Å². The summed E-state index contributed by atoms with van der Waals surface area (Å²) in [5, 5.41) is 0. The standard InChI is InChI=1S/C66H72B2O6/c1-61(2,3)37-19-23-41(24-20-37)69-43-31-53-59-55(33-43)73-51-29-39(63(7,8)9)27-45(65(13,14)15)57(51)67(59)47-35-48-50(36-49(47)71-53)72-54-32-44(70-42-25-21-38(22-26-42)62(4,5)6)34-56-60(54)68(48)58-46(66(16,17)18)28-40(64(10,11)12)30-52(58)74-56/h19-36H,1-18H3. The van der Waals surface area contributed by atoms with Crippen LogP contribution in [0.4, 0.5) is 0 Å². The van der Waals surface area contributed by atoms with E-state index in [4.69, 9.17) is 28.4 Å². The van der Waals surface area contributed by atoms with Crippen LogP contribution in [0.1, 0.15) is 158 Å². The molecule has 0 radical (unpaired) electrons. The second-order valence-corrected chi connectivity index (χ2v) is 27.5. The molecule has 0 saturated heterocycles. The van der Waals surface area contributed by atoms with E-state index in [1.165, 1.54) is 33.4 Å². The first kappa shape index (κ1) is 49.7. The first-order chi connectivity index (χ1) is 34.4. The minimum absolute atomic E-state index is 0.0187. The molecule has 7 aromatic rings. The maximum absolute atomic E-state index is 7.19. The molecule has 0 N–H and O–H groups in total. The predicted octanol–water partition coefficient (Wildman–Crippen LogP) is 14.5. The van der Waals surface area contributed by atoms with Gasteiger partial charge in [0.2, 0.25) is 0 Å². The van der Waals surface area contributed by atoms with E-state index in [-0.39, 0.29) is 45.9 Å². The van der Waals surface area contributed by atoms with Gasteiger partial charge in [-0.15, -0.1) is 0 Å². The van der Waals surface area contributed by atoms with Crippen LogP contribution in [0, 0.1) is 0 Å². The van der Waals surface area contributed by atoms with Crippen molar-refractivity contribution in [2.75, 3.05) is 0 Å². The highest BCUT2D eigenvalue weighted by molar-refractivity contribution is 7.01. The number of hydrogen-bond donors (Lipinski definition) is 0. The Labute approximate surface area is 441 Å². The molecule has 11 rings (SSSR count). The van der Waals surface area contributed by atoms with Crippen molar-refractivity contribution in [3.63, 3.8) is 0 Å². The van der Waals surface area contributed by atoms with Gasteiger partial charge in [0.05, 0.1) is 0 Å². The van der Waals surface area contributed by atoms with E-state index in [1.54, 1.807) is 0 Å². The fourth-order valence-electron chi connectivity index (χ4n) is 11.2. The summed E-state index contributed by atoms with van der Waals surface area (Å²) < 4.78 is 42.1. The number of rotatable bonds is 4. The maximum atomic E-state index is 7.19. The van der Waals surface area contributed by atoms with Crippen LogP contribution in [0.2, 0.25) is 0 Å². The third kappa shape index (κ3) is 8.64. The Morgan fingerprint density at radius 3 is 0.865 bits per heavy atom. The summed E-state index contributed by atoms with van der Waals surface area (Å²) in [6.45, 7) is 40.4. The largest absolute Gasteiger partial charge is 0.458 e. The minimum atomic E-state index is -0.229. The van der Waals surface area contributed by atoms with Crippen molar-refractivity contribution in [1.82, 2.24) is 0 Å². The molecule has 6 nitrogen and oxygen atoms in total. The molecule has 4 heterocycles. The van der Waals surface area contributed by atoms with E-state index in [9.17, 15) is 0 Å². The van der Waals surface area contributed by atoms with Crippen LogP contribution in [-0.2, 0) is 32.5 Å². The van der Waals surface area contributed by atoms with Gasteiger partial charge in [0.25, 0.3) is 13.4 Å². The number of ether oxygens (including phenoxy) is 6. The summed E-state index contributed by atoms with van der Waals surface area (Å²) >= 11 is 0. The highest BCUT2D eigenvalue weighted by atomic mass is 16.5. The normalized spacial score (nSPS) is 14.5. The minimum Gasteiger partial charge on any atom is -0.458 e. The summed E-state index contributed by atoms with van der Waals surface area (Å²) in [6, 6.07) is 38.7. The fourth-order valence-corrected chi connectivity index (χ4v) is 11.2. The lowest BCUT2D eigenvalue weighted by Crippen LogP contribution is -2.63. The molecule has 0 atom stereocenters. The topological polar surface area (TPSA) is 55.4 Å². The predicted molar refractivity (Wildman–Crippen MR) is 307 cm³/mol. The lowest BCUT2D eigenvalue weighted by Gasteiger charge is -2.40. The third-order valence-electron chi connectivity index (χ3n) is 15.5. The molecular weight excluding hydrogens is 910 g/mol. The molecule has 7 aromatic carbocycles. The maximum Gasteiger partial charge on any atom is 0.261 e. The average Bonchev–Trinajstić information content (AvgIpc) is 3.28. The van der Waals surface area contributed by atoms with E-state index >= 15 is 0 Å². The Morgan fingerprint density at radius 2 is 0.568 bits per heavy atom. The molecule has 4 aliphatic rings. The van der Waals surface area contributed by atoms with Gasteiger partial charge >= 0.3 is 0 Å². The molecule has 74 heavy (non-hydrogen) atoms. The van der Waals surface area contributed by atoms with Crippen molar-refractivity contribution in [2.45, 2.75) is 157 Å². The van der Waals surface area contributed by atoms with E-state index in [1.807, 2.05) is 48.5 Å². The summed E-state index contributed by atoms with van der Waals surface area (Å²) in [5.41, 5.74) is 13.2. The zero-order valence-corrected chi connectivity index (χ0v) is 47.0. The second-order valence-electron chi connectivity index (χ2n) is 27.5. The second kappa shape index (κ2) is 16.5. The van der Waals surface area contributed by atoms with Crippen molar-refractivity contribution >= 4 is 46.2 Å². The van der Waals surface area contributed by atoms with E-state index < -0.39 is 0 Å². The van der Waals surface area contributed by atoms with Gasteiger partial charge < -0.3 is 28.4 Å². The van der Waals surface area contributed by atoms with Crippen molar-refractivity contribution in [2.24, 2.45) is 0 Å². The van der Waals surface area contributed by atoms with Gasteiger partial charge in [-0.2, -0.15) is 0 Å². The van der Waals surface area contributed by atoms with Gasteiger partial charge in [0.1, 0.15) is 69.0 Å². The monoisotopic (exact) mass is 983 g/mol. The Bertz CT molecular complexity index is 3210. The van der Waals surface area contributed by atoms with Crippen LogP contribution in [0.3, 0.4) is 0 Å². The van der Waals surface area contributed by atoms with Gasteiger partial charge in [-0.1, -0.05) is 167 Å². The first-order valence-corrected chi connectivity index (χ1v) is 26.6. The lowest BCUT2D eigenvalue weighted by molar-refractivity contribution is 0.433. The average molecular weight is 983 g/mol. The summed E-state index contributed by atoms with van der Waals surface area (Å²) in [4.78, 5) is 0. The number of benzene rings is 7. The van der Waals surface area contributed by atoms with E-state index in [0.29, 0.717) is 23.0 Å². The lowest BCUT2D eigenvalue weighted by atomic mass is 9.30. The highest BCUT2D eigenvalue weighted by Gasteiger charge is 2.49. The molecule has 8 heteroatoms. The van der Waals surface area contributed by atoms with Crippen molar-refractivity contribution in [1.29, 1.82) is 0 Å². The molecule has 0 saturated carbocycles. The van der Waals surface area contributed by atoms with Gasteiger partial charge in [-0.25, -0.2) is 0 Å². The van der Waals surface area contributed by atoms with E-state index in [0.717, 1.165) is 78.8 Å². The quantitative estimate of drug-likeness (QED) is 0.164. The Hall–Kier alpha value is -6.53. The van der Waals surface area contributed by atoms with E-state index in [2.05, 4.69) is 185 Å². The van der Waals surface area contributed by atoms with Crippen LogP contribution in [-0.4, -0.2) is 13.4 Å². The summed E-state index contributed by atoms with van der Waals surface area (Å²) in [6.07, 6.45) is 0. The van der Waals surface area contributed by atoms with Gasteiger partial charge in [-0.05, 0) is 124 Å². The smallest absolute Gasteiger partial charge is 0.261 e. The highest BCUT2D eigenvalue weighted by Crippen LogP contribution is 2.46. The molecule has 0 bridgehead atoms. The Morgan fingerprint density at radius 1 is 0.270 bits per heavy atom. The third-order valence-corrected chi connectivity index (χ3v) is 15.5. The van der Waals surface area contributed by atoms with Crippen LogP contribution in [0.15, 0.2) is 109 Å². The molecule has 4 aliphatic heterocycles. The van der Waals surface area contributed by atoms with Crippen molar-refractivity contribution < 1.29 is 28.4 Å². The molecule has 0 amide bonds. The fraction of sp³-hybridized carbons (Fsp3) is 0.364. The molecule has 0 aliphatic carbocycles. The van der Waals surface area contributed by atoms with Crippen LogP contribution in [0.5, 0.6) is 69.0 Å². The molecule has 378 valence electrons. The Balaban J connectivity index is 1.13. The zero-order chi connectivity index (χ0) is 53.0. The molecule has 0 aromatic heterocycles. The van der Waals surface area contributed by atoms with Gasteiger partial charge in [0, 0.05) is 41.3 Å². The molecular formula is C66H72B2O6. The van der Waals surface area contributed by atoms with Gasteiger partial charge in [0.15, 0.2) is 0 Å². The zero-order valence-electron chi connectivity index (χ0n) is 47.0. The molecule has 0 fully saturated rings. The summed E-state index contributed by atoms with van der Waals surface area (Å²) in [7, 11) is 0. The van der Waals surface area contributed by atoms with Crippen molar-refractivity contribution in [3.8, 4) is 69.0 Å². The summed E-state index contributed by atoms with van der Waals surface area (Å²) in [5.74, 6) is 8.76.